The maximum Gasteiger partial charge on any atom is 0.309 e. The molecule has 0 saturated heterocycles. The monoisotopic (exact) mass is 204 g/mol. The molecule has 0 N–H and O–H groups in total. The maximum atomic E-state index is 11.6. The molecule has 0 bridgehead atoms. The van der Waals surface area contributed by atoms with Crippen molar-refractivity contribution in [1.29, 1.82) is 0 Å². The minimum atomic E-state index is -0.0427. The molecule has 2 heteroatoms. The first-order valence-corrected chi connectivity index (χ1v) is 5.44. The first-order chi connectivity index (χ1) is 7.18. The third-order valence-electron chi connectivity index (χ3n) is 2.67. The van der Waals surface area contributed by atoms with Crippen LogP contribution in [0.2, 0.25) is 0 Å². The summed E-state index contributed by atoms with van der Waals surface area (Å²) >= 11 is 0. The van der Waals surface area contributed by atoms with Crippen molar-refractivity contribution in [3.63, 3.8) is 0 Å². The number of carbonyl (C=O) groups is 1. The van der Waals surface area contributed by atoms with Gasteiger partial charge in [0.25, 0.3) is 0 Å². The summed E-state index contributed by atoms with van der Waals surface area (Å²) in [5.41, 5.74) is 1.25. The average Bonchev–Trinajstić information content (AvgIpc) is 2.97. The third kappa shape index (κ3) is 2.38. The number of rotatable bonds is 3. The molecule has 2 atom stereocenters. The Morgan fingerprint density at radius 1 is 1.33 bits per heavy atom. The summed E-state index contributed by atoms with van der Waals surface area (Å²) in [5.74, 6) is 0.436. The van der Waals surface area contributed by atoms with E-state index >= 15 is 0 Å². The summed E-state index contributed by atoms with van der Waals surface area (Å²) in [4.78, 5) is 11.6. The number of benzene rings is 1. The van der Waals surface area contributed by atoms with E-state index in [2.05, 4.69) is 12.1 Å². The van der Waals surface area contributed by atoms with Gasteiger partial charge < -0.3 is 4.74 Å². The molecular formula is C13H16O2. The van der Waals surface area contributed by atoms with Crippen molar-refractivity contribution in [3.05, 3.63) is 35.9 Å². The Morgan fingerprint density at radius 3 is 2.60 bits per heavy atom. The summed E-state index contributed by atoms with van der Waals surface area (Å²) in [6.07, 6.45) is 0.935. The molecule has 0 amide bonds. The highest BCUT2D eigenvalue weighted by Gasteiger charge is 2.45. The molecule has 2 nitrogen and oxygen atoms in total. The molecule has 0 unspecified atom stereocenters. The molecule has 1 aliphatic rings. The molecule has 1 aromatic carbocycles. The molecule has 1 aromatic rings. The lowest BCUT2D eigenvalue weighted by Crippen LogP contribution is -2.13. The van der Waals surface area contributed by atoms with Crippen LogP contribution < -0.4 is 0 Å². The lowest BCUT2D eigenvalue weighted by molar-refractivity contribution is -0.149. The second-order valence-corrected chi connectivity index (χ2v) is 4.35. The van der Waals surface area contributed by atoms with Crippen molar-refractivity contribution < 1.29 is 9.53 Å². The van der Waals surface area contributed by atoms with Gasteiger partial charge >= 0.3 is 5.97 Å². The number of hydrogen-bond acceptors (Lipinski definition) is 2. The predicted molar refractivity (Wildman–Crippen MR) is 58.5 cm³/mol. The van der Waals surface area contributed by atoms with Crippen LogP contribution in [-0.4, -0.2) is 12.1 Å². The van der Waals surface area contributed by atoms with Crippen molar-refractivity contribution in [3.8, 4) is 0 Å². The fraction of sp³-hybridized carbons (Fsp3) is 0.462. The summed E-state index contributed by atoms with van der Waals surface area (Å²) in [6, 6.07) is 10.2. The molecule has 1 fully saturated rings. The van der Waals surface area contributed by atoms with E-state index in [0.717, 1.165) is 6.42 Å². The van der Waals surface area contributed by atoms with Crippen LogP contribution in [0, 0.1) is 5.92 Å². The van der Waals surface area contributed by atoms with E-state index < -0.39 is 0 Å². The Morgan fingerprint density at radius 2 is 2.00 bits per heavy atom. The number of esters is 1. The van der Waals surface area contributed by atoms with Crippen LogP contribution in [0.3, 0.4) is 0 Å². The van der Waals surface area contributed by atoms with Gasteiger partial charge in [0.05, 0.1) is 12.0 Å². The first-order valence-electron chi connectivity index (χ1n) is 5.44. The van der Waals surface area contributed by atoms with Crippen LogP contribution in [-0.2, 0) is 9.53 Å². The highest BCUT2D eigenvalue weighted by Crippen LogP contribution is 2.48. The predicted octanol–water partition coefficient (Wildman–Crippen LogP) is 2.74. The molecule has 2 rings (SSSR count). The maximum absolute atomic E-state index is 11.6. The zero-order chi connectivity index (χ0) is 10.8. The van der Waals surface area contributed by atoms with Crippen molar-refractivity contribution in [2.24, 2.45) is 5.92 Å². The van der Waals surface area contributed by atoms with Crippen LogP contribution in [0.15, 0.2) is 30.3 Å². The number of hydrogen-bond donors (Lipinski definition) is 0. The van der Waals surface area contributed by atoms with E-state index in [0.29, 0.717) is 5.92 Å². The van der Waals surface area contributed by atoms with Crippen molar-refractivity contribution in [1.82, 2.24) is 0 Å². The fourth-order valence-electron chi connectivity index (χ4n) is 1.84. The largest absolute Gasteiger partial charge is 0.463 e. The SMILES string of the molecule is CC(C)OC(=O)[C@H]1C[C@@H]1c1ccccc1. The first kappa shape index (κ1) is 10.2. The van der Waals surface area contributed by atoms with Gasteiger partial charge in [-0.25, -0.2) is 0 Å². The van der Waals surface area contributed by atoms with Crippen molar-refractivity contribution >= 4 is 5.97 Å². The fourth-order valence-corrected chi connectivity index (χ4v) is 1.84. The van der Waals surface area contributed by atoms with Gasteiger partial charge in [-0.3, -0.25) is 4.79 Å². The second kappa shape index (κ2) is 4.05. The van der Waals surface area contributed by atoms with Gasteiger partial charge in [0.1, 0.15) is 0 Å². The molecule has 1 saturated carbocycles. The van der Waals surface area contributed by atoms with Gasteiger partial charge in [0.2, 0.25) is 0 Å². The second-order valence-electron chi connectivity index (χ2n) is 4.35. The Balaban J connectivity index is 1.94. The van der Waals surface area contributed by atoms with E-state index in [-0.39, 0.29) is 18.0 Å². The van der Waals surface area contributed by atoms with E-state index in [1.165, 1.54) is 5.56 Å². The molecule has 0 heterocycles. The summed E-state index contributed by atoms with van der Waals surface area (Å²) in [6.45, 7) is 3.77. The highest BCUT2D eigenvalue weighted by atomic mass is 16.5. The molecule has 0 aromatic heterocycles. The van der Waals surface area contributed by atoms with E-state index in [1.807, 2.05) is 32.0 Å². The van der Waals surface area contributed by atoms with E-state index in [4.69, 9.17) is 4.74 Å². The Bertz CT molecular complexity index is 343. The standard InChI is InChI=1S/C13H16O2/c1-9(2)15-13(14)12-8-11(12)10-6-4-3-5-7-10/h3-7,9,11-12H,8H2,1-2H3/t11-,12+/m1/s1. The molecule has 1 aliphatic carbocycles. The van der Waals surface area contributed by atoms with Crippen molar-refractivity contribution in [2.75, 3.05) is 0 Å². The van der Waals surface area contributed by atoms with Crippen LogP contribution in [0.25, 0.3) is 0 Å². The summed E-state index contributed by atoms with van der Waals surface area (Å²) in [7, 11) is 0. The lowest BCUT2D eigenvalue weighted by atomic mass is 10.1. The van der Waals surface area contributed by atoms with Gasteiger partial charge in [-0.1, -0.05) is 30.3 Å². The Kier molecular flexibility index (Phi) is 2.76. The van der Waals surface area contributed by atoms with Crippen LogP contribution in [0.4, 0.5) is 0 Å². The summed E-state index contributed by atoms with van der Waals surface area (Å²) in [5, 5.41) is 0. The minimum absolute atomic E-state index is 0.00507. The number of ether oxygens (including phenoxy) is 1. The molecule has 15 heavy (non-hydrogen) atoms. The van der Waals surface area contributed by atoms with E-state index in [9.17, 15) is 4.79 Å². The van der Waals surface area contributed by atoms with Crippen LogP contribution >= 0.6 is 0 Å². The van der Waals surface area contributed by atoms with Gasteiger partial charge in [-0.2, -0.15) is 0 Å². The molecular weight excluding hydrogens is 188 g/mol. The lowest BCUT2D eigenvalue weighted by Gasteiger charge is -2.07. The van der Waals surface area contributed by atoms with Crippen molar-refractivity contribution in [2.45, 2.75) is 32.3 Å². The zero-order valence-corrected chi connectivity index (χ0v) is 9.14. The summed E-state index contributed by atoms with van der Waals surface area (Å²) < 4.78 is 5.19. The normalized spacial score (nSPS) is 23.9. The average molecular weight is 204 g/mol. The quantitative estimate of drug-likeness (QED) is 0.708. The molecule has 0 radical (unpaired) electrons. The topological polar surface area (TPSA) is 26.3 Å². The van der Waals surface area contributed by atoms with Gasteiger partial charge in [0, 0.05) is 0 Å². The smallest absolute Gasteiger partial charge is 0.309 e. The van der Waals surface area contributed by atoms with Gasteiger partial charge in [-0.15, -0.1) is 0 Å². The zero-order valence-electron chi connectivity index (χ0n) is 9.14. The highest BCUT2D eigenvalue weighted by molar-refractivity contribution is 5.77. The Hall–Kier alpha value is -1.31. The number of carbonyl (C=O) groups excluding carboxylic acids is 1. The molecule has 0 spiro atoms. The minimum Gasteiger partial charge on any atom is -0.463 e. The third-order valence-corrected chi connectivity index (χ3v) is 2.67. The Labute approximate surface area is 90.3 Å². The van der Waals surface area contributed by atoms with Crippen LogP contribution in [0.5, 0.6) is 0 Å². The molecule has 80 valence electrons. The van der Waals surface area contributed by atoms with E-state index in [1.54, 1.807) is 0 Å². The van der Waals surface area contributed by atoms with Crippen LogP contribution in [0.1, 0.15) is 31.7 Å². The van der Waals surface area contributed by atoms with Gasteiger partial charge in [-0.05, 0) is 31.7 Å². The van der Waals surface area contributed by atoms with Gasteiger partial charge in [0.15, 0.2) is 0 Å². The molecule has 0 aliphatic heterocycles.